The van der Waals surface area contributed by atoms with Gasteiger partial charge in [0.1, 0.15) is 11.6 Å². The van der Waals surface area contributed by atoms with Crippen LogP contribution >= 0.6 is 0 Å². The number of hydrogen-bond donors (Lipinski definition) is 3. The zero-order valence-corrected chi connectivity index (χ0v) is 22.0. The molecule has 0 aromatic heterocycles. The van der Waals surface area contributed by atoms with Crippen LogP contribution in [-0.4, -0.2) is 57.9 Å². The summed E-state index contributed by atoms with van der Waals surface area (Å²) in [7, 11) is 0. The van der Waals surface area contributed by atoms with Crippen LogP contribution in [0.25, 0.3) is 0 Å². The minimum Gasteiger partial charge on any atom is -0.480 e. The van der Waals surface area contributed by atoms with E-state index in [0.29, 0.717) is 31.1 Å². The standard InChI is InChI=1S/C28H39NO8/c1-16(25(34)35)29-23(32)6-7-24(33)37-15-22(31)28(36)13-10-21-19-5-4-17-14-18(30)8-11-26(17,2)20(19)9-12-27(21,28)3/h14,16,19-21,36H,4-13,15H2,1-3H3,(H,29,32)(H,34,35)/t16-,19+,20-,21-,26+,27+,28-/m1/s1. The molecule has 4 rings (SSSR count). The number of rotatable bonds is 8. The summed E-state index contributed by atoms with van der Waals surface area (Å²) in [6.07, 6.45) is 7.29. The summed E-state index contributed by atoms with van der Waals surface area (Å²) in [4.78, 5) is 60.1. The SMILES string of the molecule is C[C@@H](NC(=O)CCC(=O)OCC(=O)[C@]1(O)CC[C@@H]2[C@H]3CCC4=CC(=O)CC[C@]4(C)[C@@H]3CC[C@@]21C)C(=O)O. The highest BCUT2D eigenvalue weighted by atomic mass is 16.5. The number of fused-ring (bicyclic) bond motifs is 5. The molecule has 9 nitrogen and oxygen atoms in total. The number of nitrogens with one attached hydrogen (secondary N) is 1. The Morgan fingerprint density at radius 3 is 2.46 bits per heavy atom. The molecule has 0 spiro atoms. The van der Waals surface area contributed by atoms with Crippen molar-refractivity contribution in [2.24, 2.45) is 28.6 Å². The molecule has 0 saturated heterocycles. The Morgan fingerprint density at radius 1 is 1.05 bits per heavy atom. The Morgan fingerprint density at radius 2 is 1.76 bits per heavy atom. The predicted octanol–water partition coefficient (Wildman–Crippen LogP) is 2.73. The molecule has 0 aromatic rings. The van der Waals surface area contributed by atoms with Gasteiger partial charge in [0.05, 0.1) is 6.42 Å². The van der Waals surface area contributed by atoms with Crippen LogP contribution in [0.4, 0.5) is 0 Å². The van der Waals surface area contributed by atoms with Gasteiger partial charge in [0.2, 0.25) is 11.7 Å². The topological polar surface area (TPSA) is 147 Å². The number of ether oxygens (including phenoxy) is 1. The van der Waals surface area contributed by atoms with E-state index in [0.717, 1.165) is 32.1 Å². The van der Waals surface area contributed by atoms with Gasteiger partial charge in [-0.1, -0.05) is 19.4 Å². The number of carbonyl (C=O) groups is 5. The van der Waals surface area contributed by atoms with Crippen LogP contribution < -0.4 is 5.32 Å². The number of hydrogen-bond acceptors (Lipinski definition) is 7. The maximum atomic E-state index is 13.3. The number of Topliss-reactive ketones (excluding diaryl/α,β-unsaturated/α-hetero) is 1. The quantitative estimate of drug-likeness (QED) is 0.417. The summed E-state index contributed by atoms with van der Waals surface area (Å²) in [5.74, 6) is -1.80. The van der Waals surface area contributed by atoms with Gasteiger partial charge < -0.3 is 20.3 Å². The van der Waals surface area contributed by atoms with Crippen LogP contribution in [0.3, 0.4) is 0 Å². The normalized spacial score (nSPS) is 37.4. The molecule has 0 heterocycles. The minimum atomic E-state index is -1.57. The van der Waals surface area contributed by atoms with Gasteiger partial charge in [-0.2, -0.15) is 0 Å². The van der Waals surface area contributed by atoms with Crippen molar-refractivity contribution in [3.05, 3.63) is 11.6 Å². The van der Waals surface area contributed by atoms with Crippen molar-refractivity contribution < 1.29 is 38.9 Å². The maximum Gasteiger partial charge on any atom is 0.325 e. The van der Waals surface area contributed by atoms with E-state index in [-0.39, 0.29) is 30.0 Å². The van der Waals surface area contributed by atoms with E-state index in [9.17, 15) is 29.1 Å². The number of carboxylic acid groups (broad SMARTS) is 1. The monoisotopic (exact) mass is 517 g/mol. The molecule has 4 aliphatic carbocycles. The molecule has 9 heteroatoms. The molecule has 0 radical (unpaired) electrons. The number of amides is 1. The Labute approximate surface area is 217 Å². The number of aliphatic hydroxyl groups is 1. The third-order valence-electron chi connectivity index (χ3n) is 10.2. The first-order valence-electron chi connectivity index (χ1n) is 13.5. The molecule has 37 heavy (non-hydrogen) atoms. The van der Waals surface area contributed by atoms with Crippen molar-refractivity contribution in [3.8, 4) is 0 Å². The summed E-state index contributed by atoms with van der Waals surface area (Å²) in [6.45, 7) is 5.07. The Balaban J connectivity index is 1.36. The van der Waals surface area contributed by atoms with Crippen LogP contribution in [0.2, 0.25) is 0 Å². The van der Waals surface area contributed by atoms with Crippen molar-refractivity contribution in [2.45, 2.75) is 96.6 Å². The Bertz CT molecular complexity index is 1040. The fourth-order valence-electron chi connectivity index (χ4n) is 7.96. The Hall–Kier alpha value is -2.55. The highest BCUT2D eigenvalue weighted by Gasteiger charge is 2.66. The summed E-state index contributed by atoms with van der Waals surface area (Å²) in [6, 6.07) is -1.07. The third kappa shape index (κ3) is 4.75. The van der Waals surface area contributed by atoms with Crippen molar-refractivity contribution in [1.29, 1.82) is 0 Å². The molecule has 7 atom stereocenters. The van der Waals surface area contributed by atoms with Gasteiger partial charge in [-0.05, 0) is 81.1 Å². The van der Waals surface area contributed by atoms with E-state index in [2.05, 4.69) is 12.2 Å². The molecular formula is C28H39NO8. The number of aliphatic carboxylic acids is 1. The first-order valence-corrected chi connectivity index (χ1v) is 13.5. The van der Waals surface area contributed by atoms with Crippen LogP contribution in [0, 0.1) is 28.6 Å². The van der Waals surface area contributed by atoms with E-state index in [4.69, 9.17) is 9.84 Å². The molecule has 1 amide bonds. The van der Waals surface area contributed by atoms with E-state index < -0.39 is 47.3 Å². The Kier molecular flexibility index (Phi) is 7.40. The second kappa shape index (κ2) is 9.97. The van der Waals surface area contributed by atoms with E-state index in [1.807, 2.05) is 13.0 Å². The van der Waals surface area contributed by atoms with Gasteiger partial charge in [-0.25, -0.2) is 0 Å². The van der Waals surface area contributed by atoms with Gasteiger partial charge in [0.25, 0.3) is 0 Å². The molecule has 3 fully saturated rings. The maximum absolute atomic E-state index is 13.3. The van der Waals surface area contributed by atoms with Crippen LogP contribution in [0.1, 0.15) is 85.0 Å². The zero-order valence-electron chi connectivity index (χ0n) is 22.0. The smallest absolute Gasteiger partial charge is 0.325 e. The lowest BCUT2D eigenvalue weighted by molar-refractivity contribution is -0.170. The number of allylic oxidation sites excluding steroid dienone is 1. The van der Waals surface area contributed by atoms with E-state index >= 15 is 0 Å². The lowest BCUT2D eigenvalue weighted by Crippen LogP contribution is -2.58. The summed E-state index contributed by atoms with van der Waals surface area (Å²) >= 11 is 0. The summed E-state index contributed by atoms with van der Waals surface area (Å²) in [5.41, 5.74) is -0.896. The van der Waals surface area contributed by atoms with Crippen molar-refractivity contribution in [2.75, 3.05) is 6.61 Å². The number of esters is 1. The number of ketones is 2. The van der Waals surface area contributed by atoms with Crippen LogP contribution in [-0.2, 0) is 28.7 Å². The third-order valence-corrected chi connectivity index (χ3v) is 10.2. The average molecular weight is 518 g/mol. The van der Waals surface area contributed by atoms with Crippen molar-refractivity contribution in [1.82, 2.24) is 5.32 Å². The van der Waals surface area contributed by atoms with E-state index in [1.165, 1.54) is 12.5 Å². The van der Waals surface area contributed by atoms with E-state index in [1.54, 1.807) is 0 Å². The fraction of sp³-hybridized carbons (Fsp3) is 0.750. The lowest BCUT2D eigenvalue weighted by Gasteiger charge is -2.58. The molecule has 0 unspecified atom stereocenters. The highest BCUT2D eigenvalue weighted by Crippen LogP contribution is 2.67. The average Bonchev–Trinajstić information content (AvgIpc) is 3.13. The predicted molar refractivity (Wildman–Crippen MR) is 132 cm³/mol. The number of carboxylic acids is 1. The molecule has 204 valence electrons. The fourth-order valence-corrected chi connectivity index (χ4v) is 7.96. The first-order chi connectivity index (χ1) is 17.3. The van der Waals surface area contributed by atoms with Gasteiger partial charge in [-0.15, -0.1) is 0 Å². The summed E-state index contributed by atoms with van der Waals surface area (Å²) in [5, 5.41) is 22.8. The van der Waals surface area contributed by atoms with Crippen LogP contribution in [0.15, 0.2) is 11.6 Å². The second-order valence-corrected chi connectivity index (χ2v) is 12.0. The molecule has 3 N–H and O–H groups in total. The molecular weight excluding hydrogens is 478 g/mol. The van der Waals surface area contributed by atoms with Gasteiger partial charge in [0, 0.05) is 18.3 Å². The minimum absolute atomic E-state index is 0.00690. The number of carbonyl (C=O) groups excluding carboxylic acids is 4. The molecule has 4 aliphatic rings. The molecule has 0 aliphatic heterocycles. The van der Waals surface area contributed by atoms with Gasteiger partial charge >= 0.3 is 11.9 Å². The second-order valence-electron chi connectivity index (χ2n) is 12.0. The molecule has 3 saturated carbocycles. The lowest BCUT2D eigenvalue weighted by atomic mass is 9.46. The molecule has 0 bridgehead atoms. The molecule has 0 aromatic carbocycles. The zero-order chi connectivity index (χ0) is 27.2. The van der Waals surface area contributed by atoms with Crippen molar-refractivity contribution in [3.63, 3.8) is 0 Å². The largest absolute Gasteiger partial charge is 0.480 e. The van der Waals surface area contributed by atoms with Crippen LogP contribution in [0.5, 0.6) is 0 Å². The van der Waals surface area contributed by atoms with Crippen molar-refractivity contribution >= 4 is 29.4 Å². The first kappa shape index (κ1) is 27.5. The van der Waals surface area contributed by atoms with Gasteiger partial charge in [-0.3, -0.25) is 24.0 Å². The summed E-state index contributed by atoms with van der Waals surface area (Å²) < 4.78 is 5.13. The highest BCUT2D eigenvalue weighted by molar-refractivity contribution is 5.92. The van der Waals surface area contributed by atoms with Gasteiger partial charge in [0.15, 0.2) is 12.4 Å².